The Morgan fingerprint density at radius 2 is 1.30 bits per heavy atom. The molecule has 0 amide bonds. The average Bonchev–Trinajstić information content (AvgIpc) is 2.51. The van der Waals surface area contributed by atoms with Crippen LogP contribution in [0.3, 0.4) is 0 Å². The van der Waals surface area contributed by atoms with Crippen LogP contribution in [0.25, 0.3) is 22.5 Å². The van der Waals surface area contributed by atoms with E-state index >= 15 is 0 Å². The first-order chi connectivity index (χ1) is 9.75. The van der Waals surface area contributed by atoms with E-state index in [2.05, 4.69) is 29.9 Å². The average molecular weight is 261 g/mol. The van der Waals surface area contributed by atoms with E-state index in [1.807, 2.05) is 24.3 Å². The van der Waals surface area contributed by atoms with Crippen LogP contribution in [0.5, 0.6) is 0 Å². The van der Waals surface area contributed by atoms with Gasteiger partial charge in [-0.3, -0.25) is 9.97 Å². The van der Waals surface area contributed by atoms with E-state index in [0.717, 1.165) is 22.5 Å². The molecule has 98 valence electrons. The summed E-state index contributed by atoms with van der Waals surface area (Å²) in [7, 11) is 0. The van der Waals surface area contributed by atoms with Gasteiger partial charge in [0.2, 0.25) is 0 Å². The molecule has 0 aliphatic rings. The molecule has 3 aromatic heterocycles. The van der Waals surface area contributed by atoms with E-state index < -0.39 is 0 Å². The predicted octanol–water partition coefficient (Wildman–Crippen LogP) is 3.82. The minimum absolute atomic E-state index is 0.974. The molecule has 3 aromatic rings. The molecule has 0 bridgehead atoms. The van der Waals surface area contributed by atoms with Crippen LogP contribution in [-0.2, 0) is 0 Å². The van der Waals surface area contributed by atoms with E-state index in [0.29, 0.717) is 0 Å². The Morgan fingerprint density at radius 3 is 1.90 bits per heavy atom. The van der Waals surface area contributed by atoms with Gasteiger partial charge in [-0.15, -0.1) is 0 Å². The largest absolute Gasteiger partial charge is 0.265 e. The second-order valence-electron chi connectivity index (χ2n) is 4.77. The zero-order chi connectivity index (χ0) is 13.9. The Kier molecular flexibility index (Phi) is 3.25. The topological polar surface area (TPSA) is 38.7 Å². The van der Waals surface area contributed by atoms with Crippen molar-refractivity contribution in [3.63, 3.8) is 0 Å². The third kappa shape index (κ3) is 2.30. The normalized spacial score (nSPS) is 10.5. The Labute approximate surface area is 118 Å². The summed E-state index contributed by atoms with van der Waals surface area (Å²) in [6, 6.07) is 10.1. The molecule has 3 heteroatoms. The standard InChI is InChI=1S/C17H15N3/c1-12-11-16(14-3-7-18-8-4-14)20-17(13(12)2)15-5-9-19-10-6-15/h3-11H,1-2H3. The summed E-state index contributed by atoms with van der Waals surface area (Å²) in [6.45, 7) is 4.22. The summed E-state index contributed by atoms with van der Waals surface area (Å²) >= 11 is 0. The quantitative estimate of drug-likeness (QED) is 0.704. The first-order valence-electron chi connectivity index (χ1n) is 6.55. The van der Waals surface area contributed by atoms with E-state index in [-0.39, 0.29) is 0 Å². The molecule has 0 radical (unpaired) electrons. The molecule has 0 aromatic carbocycles. The van der Waals surface area contributed by atoms with Crippen LogP contribution in [0.1, 0.15) is 11.1 Å². The Balaban J connectivity index is 2.19. The van der Waals surface area contributed by atoms with Gasteiger partial charge in [0.1, 0.15) is 0 Å². The lowest BCUT2D eigenvalue weighted by molar-refractivity contribution is 1.21. The number of pyridine rings is 3. The monoisotopic (exact) mass is 261 g/mol. The van der Waals surface area contributed by atoms with E-state index in [1.165, 1.54) is 11.1 Å². The van der Waals surface area contributed by atoms with Crippen molar-refractivity contribution in [3.8, 4) is 22.5 Å². The summed E-state index contributed by atoms with van der Waals surface area (Å²) < 4.78 is 0. The highest BCUT2D eigenvalue weighted by Gasteiger charge is 2.09. The number of hydrogen-bond acceptors (Lipinski definition) is 3. The van der Waals surface area contributed by atoms with Gasteiger partial charge in [-0.1, -0.05) is 0 Å². The maximum absolute atomic E-state index is 4.82. The molecule has 20 heavy (non-hydrogen) atoms. The lowest BCUT2D eigenvalue weighted by Crippen LogP contribution is -1.95. The van der Waals surface area contributed by atoms with Crippen molar-refractivity contribution >= 4 is 0 Å². The van der Waals surface area contributed by atoms with Crippen LogP contribution < -0.4 is 0 Å². The van der Waals surface area contributed by atoms with Crippen LogP contribution in [0.2, 0.25) is 0 Å². The van der Waals surface area contributed by atoms with Crippen molar-refractivity contribution in [2.24, 2.45) is 0 Å². The second-order valence-corrected chi connectivity index (χ2v) is 4.77. The molecule has 0 saturated heterocycles. The SMILES string of the molecule is Cc1cc(-c2ccncc2)nc(-c2ccncc2)c1C. The van der Waals surface area contributed by atoms with Crippen molar-refractivity contribution < 1.29 is 0 Å². The zero-order valence-corrected chi connectivity index (χ0v) is 11.5. The van der Waals surface area contributed by atoms with Gasteiger partial charge in [-0.2, -0.15) is 0 Å². The smallest absolute Gasteiger partial charge is 0.0742 e. The Morgan fingerprint density at radius 1 is 0.750 bits per heavy atom. The van der Waals surface area contributed by atoms with Crippen molar-refractivity contribution in [2.45, 2.75) is 13.8 Å². The molecule has 0 saturated carbocycles. The van der Waals surface area contributed by atoms with Gasteiger partial charge in [-0.25, -0.2) is 4.98 Å². The van der Waals surface area contributed by atoms with Crippen LogP contribution in [0, 0.1) is 13.8 Å². The van der Waals surface area contributed by atoms with Crippen LogP contribution in [0.15, 0.2) is 55.1 Å². The van der Waals surface area contributed by atoms with E-state index in [4.69, 9.17) is 4.98 Å². The lowest BCUT2D eigenvalue weighted by Gasteiger charge is -2.11. The number of aromatic nitrogens is 3. The van der Waals surface area contributed by atoms with Gasteiger partial charge in [0.25, 0.3) is 0 Å². The molecule has 0 unspecified atom stereocenters. The molecular formula is C17H15N3. The van der Waals surface area contributed by atoms with Gasteiger partial charge in [0, 0.05) is 35.9 Å². The van der Waals surface area contributed by atoms with Crippen LogP contribution in [0.4, 0.5) is 0 Å². The van der Waals surface area contributed by atoms with Gasteiger partial charge >= 0.3 is 0 Å². The first kappa shape index (κ1) is 12.5. The fourth-order valence-electron chi connectivity index (χ4n) is 2.20. The molecule has 0 aliphatic heterocycles. The van der Waals surface area contributed by atoms with Crippen molar-refractivity contribution in [3.05, 3.63) is 66.2 Å². The Hall–Kier alpha value is -2.55. The fraction of sp³-hybridized carbons (Fsp3) is 0.118. The third-order valence-electron chi connectivity index (χ3n) is 3.46. The third-order valence-corrected chi connectivity index (χ3v) is 3.46. The minimum atomic E-state index is 0.974. The van der Waals surface area contributed by atoms with Crippen LogP contribution in [-0.4, -0.2) is 15.0 Å². The summed E-state index contributed by atoms with van der Waals surface area (Å²) in [5, 5.41) is 0. The molecule has 3 nitrogen and oxygen atoms in total. The second kappa shape index (κ2) is 5.21. The first-order valence-corrected chi connectivity index (χ1v) is 6.55. The van der Waals surface area contributed by atoms with E-state index in [9.17, 15) is 0 Å². The summed E-state index contributed by atoms with van der Waals surface area (Å²) in [6.07, 6.45) is 7.17. The van der Waals surface area contributed by atoms with Gasteiger partial charge < -0.3 is 0 Å². The number of aryl methyl sites for hydroxylation is 1. The molecule has 0 fully saturated rings. The van der Waals surface area contributed by atoms with Crippen molar-refractivity contribution in [1.29, 1.82) is 0 Å². The molecule has 3 rings (SSSR count). The maximum atomic E-state index is 4.82. The summed E-state index contributed by atoms with van der Waals surface area (Å²) in [5.74, 6) is 0. The Bertz CT molecular complexity index is 722. The van der Waals surface area contributed by atoms with Crippen LogP contribution >= 0.6 is 0 Å². The molecule has 3 heterocycles. The highest BCUT2D eigenvalue weighted by Crippen LogP contribution is 2.27. The number of rotatable bonds is 2. The highest BCUT2D eigenvalue weighted by molar-refractivity contribution is 5.69. The van der Waals surface area contributed by atoms with Gasteiger partial charge in [0.05, 0.1) is 11.4 Å². The highest BCUT2D eigenvalue weighted by atomic mass is 14.7. The van der Waals surface area contributed by atoms with Gasteiger partial charge in [0.15, 0.2) is 0 Å². The van der Waals surface area contributed by atoms with Crippen molar-refractivity contribution in [1.82, 2.24) is 15.0 Å². The van der Waals surface area contributed by atoms with E-state index in [1.54, 1.807) is 24.8 Å². The maximum Gasteiger partial charge on any atom is 0.0742 e. The van der Waals surface area contributed by atoms with Gasteiger partial charge in [-0.05, 0) is 55.3 Å². The molecule has 0 spiro atoms. The number of nitrogens with zero attached hydrogens (tertiary/aromatic N) is 3. The molecule has 0 atom stereocenters. The fourth-order valence-corrected chi connectivity index (χ4v) is 2.20. The summed E-state index contributed by atoms with van der Waals surface area (Å²) in [5.41, 5.74) is 6.60. The summed E-state index contributed by atoms with van der Waals surface area (Å²) in [4.78, 5) is 12.9. The molecular weight excluding hydrogens is 246 g/mol. The minimum Gasteiger partial charge on any atom is -0.265 e. The number of hydrogen-bond donors (Lipinski definition) is 0. The molecule has 0 N–H and O–H groups in total. The van der Waals surface area contributed by atoms with Crippen molar-refractivity contribution in [2.75, 3.05) is 0 Å². The molecule has 0 aliphatic carbocycles. The predicted molar refractivity (Wildman–Crippen MR) is 80.2 cm³/mol. The zero-order valence-electron chi connectivity index (χ0n) is 11.5. The lowest BCUT2D eigenvalue weighted by atomic mass is 10.0.